The van der Waals surface area contributed by atoms with Gasteiger partial charge in [0.25, 0.3) is 5.69 Å². The predicted octanol–water partition coefficient (Wildman–Crippen LogP) is 4.93. The van der Waals surface area contributed by atoms with Crippen LogP contribution in [0.3, 0.4) is 0 Å². The summed E-state index contributed by atoms with van der Waals surface area (Å²) in [7, 11) is 0. The predicted molar refractivity (Wildman–Crippen MR) is 114 cm³/mol. The number of hydrogen-bond acceptors (Lipinski definition) is 7. The number of nitro groups is 1. The largest absolute Gasteiger partial charge is 0.460 e. The van der Waals surface area contributed by atoms with Crippen molar-refractivity contribution in [3.63, 3.8) is 0 Å². The molecule has 4 aromatic rings. The minimum absolute atomic E-state index is 0.0556. The molecule has 0 amide bonds. The molecule has 8 heteroatoms. The number of thiophene rings is 1. The van der Waals surface area contributed by atoms with Crippen LogP contribution in [0.5, 0.6) is 0 Å². The monoisotopic (exact) mass is 418 g/mol. The molecule has 0 unspecified atom stereocenters. The fraction of sp³-hybridized carbons (Fsp3) is 0.182. The molecular weight excluding hydrogens is 400 g/mol. The third-order valence-corrected chi connectivity index (χ3v) is 6.00. The molecule has 7 nitrogen and oxygen atoms in total. The van der Waals surface area contributed by atoms with E-state index in [-0.39, 0.29) is 5.69 Å². The summed E-state index contributed by atoms with van der Waals surface area (Å²) >= 11 is 1.65. The van der Waals surface area contributed by atoms with Gasteiger partial charge in [-0.25, -0.2) is 9.97 Å². The summed E-state index contributed by atoms with van der Waals surface area (Å²) < 4.78 is 5.97. The molecular formula is C22H18N4O3S. The summed E-state index contributed by atoms with van der Waals surface area (Å²) in [5, 5.41) is 13.0. The highest BCUT2D eigenvalue weighted by Gasteiger charge is 2.20. The fourth-order valence-electron chi connectivity index (χ4n) is 3.65. The van der Waals surface area contributed by atoms with Gasteiger partial charge in [-0.2, -0.15) is 0 Å². The Morgan fingerprint density at radius 2 is 2.13 bits per heavy atom. The minimum Gasteiger partial charge on any atom is -0.460 e. The topological polar surface area (TPSA) is 85.3 Å². The van der Waals surface area contributed by atoms with Crippen molar-refractivity contribution in [3.8, 4) is 22.0 Å². The summed E-state index contributed by atoms with van der Waals surface area (Å²) in [4.78, 5) is 23.3. The zero-order chi connectivity index (χ0) is 20.5. The highest BCUT2D eigenvalue weighted by molar-refractivity contribution is 7.13. The van der Waals surface area contributed by atoms with E-state index in [1.807, 2.05) is 41.9 Å². The summed E-state index contributed by atoms with van der Waals surface area (Å²) in [6, 6.07) is 14.3. The Balaban J connectivity index is 1.29. The summed E-state index contributed by atoms with van der Waals surface area (Å²) in [5.41, 5.74) is 3.02. The number of rotatable bonds is 5. The number of nitro benzene ring substituents is 1. The number of non-ortho nitro benzene ring substituents is 1. The number of benzene rings is 1. The highest BCUT2D eigenvalue weighted by Crippen LogP contribution is 2.28. The van der Waals surface area contributed by atoms with Gasteiger partial charge in [0.05, 0.1) is 22.0 Å². The minimum atomic E-state index is -0.398. The lowest BCUT2D eigenvalue weighted by atomic mass is 10.1. The van der Waals surface area contributed by atoms with Gasteiger partial charge in [-0.05, 0) is 23.6 Å². The Labute approximate surface area is 176 Å². The van der Waals surface area contributed by atoms with Crippen molar-refractivity contribution in [2.45, 2.75) is 19.5 Å². The van der Waals surface area contributed by atoms with Crippen molar-refractivity contribution >= 4 is 17.0 Å². The van der Waals surface area contributed by atoms with Crippen LogP contribution in [0.25, 0.3) is 22.0 Å². The van der Waals surface area contributed by atoms with Crippen molar-refractivity contribution in [3.05, 3.63) is 87.2 Å². The quantitative estimate of drug-likeness (QED) is 0.337. The zero-order valence-electron chi connectivity index (χ0n) is 16.0. The van der Waals surface area contributed by atoms with Crippen LogP contribution in [-0.2, 0) is 19.5 Å². The first-order valence-corrected chi connectivity index (χ1v) is 10.5. The molecule has 1 aliphatic heterocycles. The highest BCUT2D eigenvalue weighted by atomic mass is 32.1. The second-order valence-corrected chi connectivity index (χ2v) is 8.12. The lowest BCUT2D eigenvalue weighted by molar-refractivity contribution is -0.384. The Morgan fingerprint density at radius 1 is 1.20 bits per heavy atom. The molecule has 0 aliphatic carbocycles. The van der Waals surface area contributed by atoms with E-state index in [0.29, 0.717) is 17.9 Å². The van der Waals surface area contributed by atoms with Crippen molar-refractivity contribution in [2.75, 3.05) is 6.54 Å². The van der Waals surface area contributed by atoms with Crippen LogP contribution in [0.2, 0.25) is 0 Å². The number of fused-ring (bicyclic) bond motifs is 1. The summed E-state index contributed by atoms with van der Waals surface area (Å²) in [6.07, 6.45) is 2.80. The molecule has 3 aromatic heterocycles. The second-order valence-electron chi connectivity index (χ2n) is 7.18. The fourth-order valence-corrected chi connectivity index (χ4v) is 4.31. The zero-order valence-corrected chi connectivity index (χ0v) is 16.8. The van der Waals surface area contributed by atoms with Crippen LogP contribution < -0.4 is 0 Å². The Kier molecular flexibility index (Phi) is 4.86. The van der Waals surface area contributed by atoms with Crippen LogP contribution in [0.15, 0.2) is 64.5 Å². The van der Waals surface area contributed by atoms with Crippen LogP contribution in [0.1, 0.15) is 17.0 Å². The molecule has 30 heavy (non-hydrogen) atoms. The van der Waals surface area contributed by atoms with Gasteiger partial charge in [-0.3, -0.25) is 15.0 Å². The molecule has 0 saturated heterocycles. The van der Waals surface area contributed by atoms with E-state index in [4.69, 9.17) is 9.40 Å². The molecule has 0 atom stereocenters. The average Bonchev–Trinajstić information content (AvgIpc) is 3.46. The molecule has 0 N–H and O–H groups in total. The van der Waals surface area contributed by atoms with Crippen molar-refractivity contribution in [1.29, 1.82) is 0 Å². The standard InChI is InChI=1S/C22H18N4O3S/c27-26(28)17-4-1-3-15(11-17)20-7-6-18(29-20)14-25-9-8-19-16(13-25)12-23-22(24-19)21-5-2-10-30-21/h1-7,10-12H,8-9,13-14H2. The van der Waals surface area contributed by atoms with E-state index in [9.17, 15) is 10.1 Å². The van der Waals surface area contributed by atoms with Crippen LogP contribution in [-0.4, -0.2) is 26.3 Å². The third kappa shape index (κ3) is 3.74. The van der Waals surface area contributed by atoms with E-state index in [1.54, 1.807) is 17.4 Å². The van der Waals surface area contributed by atoms with Crippen LogP contribution in [0.4, 0.5) is 5.69 Å². The third-order valence-electron chi connectivity index (χ3n) is 5.14. The van der Waals surface area contributed by atoms with Gasteiger partial charge < -0.3 is 4.42 Å². The molecule has 0 bridgehead atoms. The lowest BCUT2D eigenvalue weighted by Gasteiger charge is -2.27. The van der Waals surface area contributed by atoms with Crippen LogP contribution in [0, 0.1) is 10.1 Å². The Morgan fingerprint density at radius 3 is 2.97 bits per heavy atom. The van der Waals surface area contributed by atoms with Gasteiger partial charge in [-0.1, -0.05) is 18.2 Å². The molecule has 5 rings (SSSR count). The molecule has 0 fully saturated rings. The molecule has 4 heterocycles. The molecule has 1 aliphatic rings. The Hall–Kier alpha value is -3.36. The average molecular weight is 418 g/mol. The van der Waals surface area contributed by atoms with E-state index in [1.165, 1.54) is 12.1 Å². The maximum absolute atomic E-state index is 11.0. The first-order chi connectivity index (χ1) is 14.7. The normalized spacial score (nSPS) is 13.9. The van der Waals surface area contributed by atoms with E-state index in [0.717, 1.165) is 47.2 Å². The first kappa shape index (κ1) is 18.7. The molecule has 1 aromatic carbocycles. The van der Waals surface area contributed by atoms with E-state index < -0.39 is 4.92 Å². The maximum Gasteiger partial charge on any atom is 0.270 e. The molecule has 150 valence electrons. The molecule has 0 saturated carbocycles. The Bertz CT molecular complexity index is 1200. The van der Waals surface area contributed by atoms with Gasteiger partial charge in [0, 0.05) is 49.0 Å². The SMILES string of the molecule is O=[N+]([O-])c1cccc(-c2ccc(CN3CCc4nc(-c5cccs5)ncc4C3)o2)c1. The number of hydrogen-bond donors (Lipinski definition) is 0. The summed E-state index contributed by atoms with van der Waals surface area (Å²) in [6.45, 7) is 2.33. The van der Waals surface area contributed by atoms with E-state index >= 15 is 0 Å². The van der Waals surface area contributed by atoms with Crippen LogP contribution >= 0.6 is 11.3 Å². The molecule has 0 spiro atoms. The number of furan rings is 1. The number of aromatic nitrogens is 2. The smallest absolute Gasteiger partial charge is 0.270 e. The molecule has 0 radical (unpaired) electrons. The first-order valence-electron chi connectivity index (χ1n) is 9.60. The van der Waals surface area contributed by atoms with Crippen molar-refractivity contribution in [1.82, 2.24) is 14.9 Å². The van der Waals surface area contributed by atoms with Gasteiger partial charge in [0.15, 0.2) is 5.82 Å². The number of nitrogens with zero attached hydrogens (tertiary/aromatic N) is 4. The van der Waals surface area contributed by atoms with E-state index in [2.05, 4.69) is 9.88 Å². The van der Waals surface area contributed by atoms with Crippen molar-refractivity contribution in [2.24, 2.45) is 0 Å². The maximum atomic E-state index is 11.0. The second kappa shape index (κ2) is 7.81. The van der Waals surface area contributed by atoms with Gasteiger partial charge >= 0.3 is 0 Å². The summed E-state index contributed by atoms with van der Waals surface area (Å²) in [5.74, 6) is 2.26. The lowest BCUT2D eigenvalue weighted by Crippen LogP contribution is -2.30. The van der Waals surface area contributed by atoms with Gasteiger partial charge in [0.1, 0.15) is 11.5 Å². The van der Waals surface area contributed by atoms with Crippen molar-refractivity contribution < 1.29 is 9.34 Å². The van der Waals surface area contributed by atoms with Gasteiger partial charge in [-0.15, -0.1) is 11.3 Å². The van der Waals surface area contributed by atoms with Gasteiger partial charge in [0.2, 0.25) is 0 Å².